The highest BCUT2D eigenvalue weighted by atomic mass is 32.1. The van der Waals surface area contributed by atoms with Crippen LogP contribution in [-0.2, 0) is 14.3 Å². The van der Waals surface area contributed by atoms with Gasteiger partial charge in [-0.05, 0) is 36.7 Å². The molecule has 2 aromatic heterocycles. The maximum absolute atomic E-state index is 14.2. The molecule has 3 heterocycles. The van der Waals surface area contributed by atoms with Crippen molar-refractivity contribution >= 4 is 57.5 Å². The third-order valence-corrected chi connectivity index (χ3v) is 6.99. The van der Waals surface area contributed by atoms with Crippen LogP contribution in [0, 0.1) is 0 Å². The number of fused-ring (bicyclic) bond motifs is 2. The number of esters is 1. The predicted molar refractivity (Wildman–Crippen MR) is 145 cm³/mol. The van der Waals surface area contributed by atoms with Gasteiger partial charge in [-0.25, -0.2) is 0 Å². The van der Waals surface area contributed by atoms with Gasteiger partial charge in [0.2, 0.25) is 12.7 Å². The fourth-order valence-electron chi connectivity index (χ4n) is 4.34. The number of amides is 3. The van der Waals surface area contributed by atoms with Gasteiger partial charge in [0.05, 0.1) is 12.3 Å². The van der Waals surface area contributed by atoms with Crippen molar-refractivity contribution in [1.29, 1.82) is 0 Å². The van der Waals surface area contributed by atoms with E-state index in [4.69, 9.17) is 25.7 Å². The molecule has 14 heteroatoms. The normalized spacial score (nSPS) is 12.6. The third kappa shape index (κ3) is 4.87. The van der Waals surface area contributed by atoms with Gasteiger partial charge in [-0.2, -0.15) is 4.37 Å². The number of nitrogens with one attached hydrogen (secondary N) is 2. The molecule has 1 aliphatic heterocycles. The molecular formula is C26H24N6O7S. The van der Waals surface area contributed by atoms with Crippen LogP contribution in [0.3, 0.4) is 0 Å². The Morgan fingerprint density at radius 3 is 2.70 bits per heavy atom. The molecule has 40 heavy (non-hydrogen) atoms. The number of carbonyl (C=O) groups is 4. The zero-order chi connectivity index (χ0) is 28.4. The summed E-state index contributed by atoms with van der Waals surface area (Å²) in [5.74, 6) is -2.14. The van der Waals surface area contributed by atoms with E-state index in [-0.39, 0.29) is 35.3 Å². The molecule has 1 atom stereocenters. The molecule has 0 fully saturated rings. The number of ether oxygens (including phenoxy) is 3. The van der Waals surface area contributed by atoms with Crippen molar-refractivity contribution in [3.8, 4) is 11.5 Å². The van der Waals surface area contributed by atoms with Gasteiger partial charge < -0.3 is 36.0 Å². The van der Waals surface area contributed by atoms with Gasteiger partial charge in [-0.15, -0.1) is 0 Å². The summed E-state index contributed by atoms with van der Waals surface area (Å²) in [6.45, 7) is 1.34. The maximum atomic E-state index is 14.2. The number of rotatable bonds is 9. The SMILES string of the molecule is CCOC(=O)CNC(=O)[C@H](c1c[nH]c2ccccc12)N(C(=O)c1snc(C(N)=O)c1N)c1ccc2c(c1)OCO2. The van der Waals surface area contributed by atoms with E-state index in [0.29, 0.717) is 39.5 Å². The molecule has 3 amide bonds. The Kier molecular flexibility index (Phi) is 7.25. The molecular weight excluding hydrogens is 540 g/mol. The largest absolute Gasteiger partial charge is 0.465 e. The summed E-state index contributed by atoms with van der Waals surface area (Å²) in [6.07, 6.45) is 1.61. The molecule has 206 valence electrons. The van der Waals surface area contributed by atoms with Crippen molar-refractivity contribution in [2.24, 2.45) is 5.73 Å². The number of hydrogen-bond acceptors (Lipinski definition) is 10. The smallest absolute Gasteiger partial charge is 0.325 e. The Balaban J connectivity index is 1.67. The zero-order valence-electron chi connectivity index (χ0n) is 21.1. The first-order chi connectivity index (χ1) is 19.3. The molecule has 0 saturated carbocycles. The molecule has 5 rings (SSSR count). The van der Waals surface area contributed by atoms with Crippen LogP contribution in [0.5, 0.6) is 11.5 Å². The Morgan fingerprint density at radius 1 is 1.18 bits per heavy atom. The van der Waals surface area contributed by atoms with E-state index in [1.54, 1.807) is 43.5 Å². The van der Waals surface area contributed by atoms with Gasteiger partial charge in [-0.3, -0.25) is 24.1 Å². The molecule has 1 aliphatic rings. The summed E-state index contributed by atoms with van der Waals surface area (Å²) in [5.41, 5.74) is 12.4. The summed E-state index contributed by atoms with van der Waals surface area (Å²) in [7, 11) is 0. The van der Waals surface area contributed by atoms with Gasteiger partial charge in [0.25, 0.3) is 11.8 Å². The van der Waals surface area contributed by atoms with Crippen molar-refractivity contribution < 1.29 is 33.4 Å². The van der Waals surface area contributed by atoms with Gasteiger partial charge in [0, 0.05) is 34.4 Å². The van der Waals surface area contributed by atoms with Crippen molar-refractivity contribution in [2.75, 3.05) is 30.6 Å². The van der Waals surface area contributed by atoms with Crippen molar-refractivity contribution in [1.82, 2.24) is 14.7 Å². The number of hydrogen-bond donors (Lipinski definition) is 4. The van der Waals surface area contributed by atoms with Gasteiger partial charge >= 0.3 is 5.97 Å². The fraction of sp³-hybridized carbons (Fsp3) is 0.192. The minimum absolute atomic E-state index is 0.0115. The second-order valence-corrected chi connectivity index (χ2v) is 9.34. The van der Waals surface area contributed by atoms with E-state index >= 15 is 0 Å². The van der Waals surface area contributed by atoms with Crippen LogP contribution in [0.1, 0.15) is 38.7 Å². The van der Waals surface area contributed by atoms with Crippen molar-refractivity contribution in [3.63, 3.8) is 0 Å². The number of aromatic amines is 1. The van der Waals surface area contributed by atoms with E-state index in [0.717, 1.165) is 0 Å². The lowest BCUT2D eigenvalue weighted by molar-refractivity contribution is -0.143. The van der Waals surface area contributed by atoms with Gasteiger partial charge in [-0.1, -0.05) is 18.2 Å². The quantitative estimate of drug-likeness (QED) is 0.220. The maximum Gasteiger partial charge on any atom is 0.325 e. The monoisotopic (exact) mass is 564 g/mol. The van der Waals surface area contributed by atoms with Crippen LogP contribution >= 0.6 is 11.5 Å². The highest BCUT2D eigenvalue weighted by Crippen LogP contribution is 2.40. The number of carbonyl (C=O) groups excluding carboxylic acids is 4. The minimum atomic E-state index is -1.32. The highest BCUT2D eigenvalue weighted by Gasteiger charge is 2.38. The Hall–Kier alpha value is -5.11. The van der Waals surface area contributed by atoms with Gasteiger partial charge in [0.15, 0.2) is 17.2 Å². The second-order valence-electron chi connectivity index (χ2n) is 8.57. The average molecular weight is 565 g/mol. The molecule has 0 aliphatic carbocycles. The molecule has 0 bridgehead atoms. The van der Waals surface area contributed by atoms with E-state index in [1.807, 2.05) is 12.1 Å². The van der Waals surface area contributed by atoms with Crippen LogP contribution < -0.4 is 31.2 Å². The lowest BCUT2D eigenvalue weighted by atomic mass is 10.0. The van der Waals surface area contributed by atoms with Crippen LogP contribution in [0.2, 0.25) is 0 Å². The molecule has 0 saturated heterocycles. The minimum Gasteiger partial charge on any atom is -0.465 e. The zero-order valence-corrected chi connectivity index (χ0v) is 21.9. The van der Waals surface area contributed by atoms with Crippen LogP contribution in [0.15, 0.2) is 48.7 Å². The molecule has 0 spiro atoms. The average Bonchev–Trinajstić information content (AvgIpc) is 3.68. The first kappa shape index (κ1) is 26.5. The first-order valence-corrected chi connectivity index (χ1v) is 12.8. The van der Waals surface area contributed by atoms with Crippen LogP contribution in [-0.4, -0.2) is 53.0 Å². The lowest BCUT2D eigenvalue weighted by Gasteiger charge is -2.31. The lowest BCUT2D eigenvalue weighted by Crippen LogP contribution is -2.45. The summed E-state index contributed by atoms with van der Waals surface area (Å²) < 4.78 is 19.8. The van der Waals surface area contributed by atoms with E-state index in [1.165, 1.54) is 4.90 Å². The molecule has 6 N–H and O–H groups in total. The molecule has 13 nitrogen and oxygen atoms in total. The summed E-state index contributed by atoms with van der Waals surface area (Å²) >= 11 is 0.679. The number of nitrogen functional groups attached to an aromatic ring is 1. The number of nitrogens with two attached hydrogens (primary N) is 2. The second kappa shape index (κ2) is 10.9. The standard InChI is InChI=1S/C26H24N6O7S/c1-2-37-19(33)11-30-25(35)22(15-10-29-16-6-4-3-5-14(15)16)32(13-7-8-17-18(9-13)39-12-38-17)26(36)23-20(27)21(24(28)34)31-40-23/h3-10,22,29H,2,11-12,27H2,1H3,(H2,28,34)(H,30,35)/t22-/m0/s1. The van der Waals surface area contributed by atoms with Crippen molar-refractivity contribution in [3.05, 3.63) is 64.8 Å². The van der Waals surface area contributed by atoms with E-state index < -0.39 is 36.3 Å². The molecule has 2 aromatic carbocycles. The third-order valence-electron chi connectivity index (χ3n) is 6.14. The highest BCUT2D eigenvalue weighted by molar-refractivity contribution is 7.09. The fourth-order valence-corrected chi connectivity index (χ4v) is 5.09. The summed E-state index contributed by atoms with van der Waals surface area (Å²) in [4.78, 5) is 56.2. The predicted octanol–water partition coefficient (Wildman–Crippen LogP) is 2.10. The Bertz CT molecular complexity index is 1630. The number of anilines is 2. The number of benzene rings is 2. The number of para-hydroxylation sites is 1. The van der Waals surface area contributed by atoms with Gasteiger partial charge in [0.1, 0.15) is 17.5 Å². The Morgan fingerprint density at radius 2 is 1.95 bits per heavy atom. The van der Waals surface area contributed by atoms with E-state index in [9.17, 15) is 19.2 Å². The number of nitrogens with zero attached hydrogens (tertiary/aromatic N) is 2. The van der Waals surface area contributed by atoms with Crippen LogP contribution in [0.4, 0.5) is 11.4 Å². The first-order valence-electron chi connectivity index (χ1n) is 12.1. The topological polar surface area (TPSA) is 192 Å². The number of H-pyrrole nitrogens is 1. The van der Waals surface area contributed by atoms with E-state index in [2.05, 4.69) is 14.7 Å². The van der Waals surface area contributed by atoms with Crippen LogP contribution in [0.25, 0.3) is 10.9 Å². The number of aromatic nitrogens is 2. The number of primary amides is 1. The Labute approximate surface area is 231 Å². The van der Waals surface area contributed by atoms with Crippen molar-refractivity contribution in [2.45, 2.75) is 13.0 Å². The summed E-state index contributed by atoms with van der Waals surface area (Å²) in [6, 6.07) is 10.6. The summed E-state index contributed by atoms with van der Waals surface area (Å²) in [5, 5.41) is 3.23. The molecule has 0 unspecified atom stereocenters. The molecule has 0 radical (unpaired) electrons. The molecule has 4 aromatic rings.